The second kappa shape index (κ2) is 6.03. The normalized spacial score (nSPS) is 16.0. The third-order valence-corrected chi connectivity index (χ3v) is 4.84. The largest absolute Gasteiger partial charge is 0.462 e. The van der Waals surface area contributed by atoms with Gasteiger partial charge in [-0.2, -0.15) is 5.10 Å². The zero-order valence-corrected chi connectivity index (χ0v) is 13.0. The number of hydrogen-bond donors (Lipinski definition) is 1. The summed E-state index contributed by atoms with van der Waals surface area (Å²) in [4.78, 5) is 12.3. The molecule has 0 aliphatic heterocycles. The van der Waals surface area contributed by atoms with Gasteiger partial charge in [0.25, 0.3) is 0 Å². The summed E-state index contributed by atoms with van der Waals surface area (Å²) in [6.45, 7) is 0.552. The molecule has 0 unspecified atom stereocenters. The summed E-state index contributed by atoms with van der Waals surface area (Å²) < 4.78 is 5.53. The fourth-order valence-corrected chi connectivity index (χ4v) is 3.50. The molecule has 0 amide bonds. The Bertz CT molecular complexity index is 847. The topological polar surface area (TPSA) is 55.0 Å². The van der Waals surface area contributed by atoms with Crippen LogP contribution in [0, 0.1) is 5.92 Å². The minimum Gasteiger partial charge on any atom is -0.462 e. The molecule has 1 N–H and O–H groups in total. The molecule has 4 heteroatoms. The van der Waals surface area contributed by atoms with Crippen molar-refractivity contribution in [2.45, 2.75) is 32.1 Å². The van der Waals surface area contributed by atoms with Crippen molar-refractivity contribution in [3.8, 4) is 0 Å². The fourth-order valence-electron chi connectivity index (χ4n) is 3.50. The van der Waals surface area contributed by atoms with E-state index in [1.54, 1.807) is 6.20 Å². The molecule has 23 heavy (non-hydrogen) atoms. The summed E-state index contributed by atoms with van der Waals surface area (Å²) >= 11 is 0. The van der Waals surface area contributed by atoms with Gasteiger partial charge in [0.15, 0.2) is 0 Å². The lowest BCUT2D eigenvalue weighted by Gasteiger charge is -2.21. The van der Waals surface area contributed by atoms with Crippen molar-refractivity contribution >= 4 is 27.6 Å². The van der Waals surface area contributed by atoms with Crippen LogP contribution in [0.15, 0.2) is 36.5 Å². The number of aromatic amines is 1. The van der Waals surface area contributed by atoms with Crippen molar-refractivity contribution in [2.24, 2.45) is 5.92 Å². The standard InChI is InChI=1S/C19H20N2O2/c22-19(23-12-13-4-2-1-3-5-13)15-8-9-17-14(10-15)6-7-16-11-20-21-18(16)17/h6-11,13H,1-5,12H2,(H,20,21). The SMILES string of the molecule is O=C(OCC1CCCCC1)c1ccc2c(ccc3cn[nH]c32)c1. The van der Waals surface area contributed by atoms with Gasteiger partial charge in [0.2, 0.25) is 0 Å². The first kappa shape index (κ1) is 14.2. The number of H-pyrrole nitrogens is 1. The number of carbonyl (C=O) groups excluding carboxylic acids is 1. The highest BCUT2D eigenvalue weighted by atomic mass is 16.5. The van der Waals surface area contributed by atoms with Crippen LogP contribution in [0.3, 0.4) is 0 Å². The highest BCUT2D eigenvalue weighted by molar-refractivity contribution is 6.07. The number of nitrogens with zero attached hydrogens (tertiary/aromatic N) is 1. The first-order valence-electron chi connectivity index (χ1n) is 8.34. The van der Waals surface area contributed by atoms with Crippen molar-refractivity contribution in [2.75, 3.05) is 6.61 Å². The minimum atomic E-state index is -0.220. The molecule has 4 nitrogen and oxygen atoms in total. The van der Waals surface area contributed by atoms with Crippen LogP contribution >= 0.6 is 0 Å². The van der Waals surface area contributed by atoms with Gasteiger partial charge in [-0.3, -0.25) is 5.10 Å². The summed E-state index contributed by atoms with van der Waals surface area (Å²) in [6, 6.07) is 9.74. The number of aromatic nitrogens is 2. The van der Waals surface area contributed by atoms with E-state index in [0.29, 0.717) is 18.1 Å². The number of ether oxygens (including phenoxy) is 1. The van der Waals surface area contributed by atoms with Gasteiger partial charge in [0, 0.05) is 10.8 Å². The third-order valence-electron chi connectivity index (χ3n) is 4.84. The molecule has 0 atom stereocenters. The van der Waals surface area contributed by atoms with E-state index < -0.39 is 0 Å². The van der Waals surface area contributed by atoms with Crippen LogP contribution < -0.4 is 0 Å². The molecule has 0 saturated heterocycles. The van der Waals surface area contributed by atoms with Crippen molar-refractivity contribution in [3.63, 3.8) is 0 Å². The minimum absolute atomic E-state index is 0.220. The number of hydrogen-bond acceptors (Lipinski definition) is 3. The first-order chi connectivity index (χ1) is 11.3. The second-order valence-corrected chi connectivity index (χ2v) is 6.44. The lowest BCUT2D eigenvalue weighted by atomic mass is 9.90. The number of benzene rings is 2. The predicted molar refractivity (Wildman–Crippen MR) is 90.5 cm³/mol. The average molecular weight is 308 g/mol. The van der Waals surface area contributed by atoms with E-state index in [9.17, 15) is 4.79 Å². The Morgan fingerprint density at radius 1 is 1.13 bits per heavy atom. The Labute approximate surface area is 134 Å². The van der Waals surface area contributed by atoms with Crippen LogP contribution in [0.25, 0.3) is 21.7 Å². The Balaban J connectivity index is 1.53. The molecule has 1 fully saturated rings. The van der Waals surface area contributed by atoms with E-state index in [2.05, 4.69) is 10.2 Å². The monoisotopic (exact) mass is 308 g/mol. The van der Waals surface area contributed by atoms with Crippen LogP contribution in [0.1, 0.15) is 42.5 Å². The molecule has 1 aromatic heterocycles. The van der Waals surface area contributed by atoms with Gasteiger partial charge in [0.1, 0.15) is 0 Å². The van der Waals surface area contributed by atoms with Gasteiger partial charge in [-0.15, -0.1) is 0 Å². The van der Waals surface area contributed by atoms with E-state index in [1.165, 1.54) is 32.1 Å². The van der Waals surface area contributed by atoms with Gasteiger partial charge in [-0.1, -0.05) is 37.5 Å². The van der Waals surface area contributed by atoms with Crippen LogP contribution in [0.5, 0.6) is 0 Å². The number of esters is 1. The predicted octanol–water partition coefficient (Wildman–Crippen LogP) is 4.45. The highest BCUT2D eigenvalue weighted by Gasteiger charge is 2.16. The van der Waals surface area contributed by atoms with Crippen molar-refractivity contribution in [3.05, 3.63) is 42.1 Å². The number of rotatable bonds is 3. The summed E-state index contributed by atoms with van der Waals surface area (Å²) in [5, 5.41) is 10.3. The maximum absolute atomic E-state index is 12.3. The van der Waals surface area contributed by atoms with Crippen molar-refractivity contribution in [1.29, 1.82) is 0 Å². The Kier molecular flexibility index (Phi) is 3.74. The maximum Gasteiger partial charge on any atom is 0.338 e. The summed E-state index contributed by atoms with van der Waals surface area (Å²) in [6.07, 6.45) is 8.01. The van der Waals surface area contributed by atoms with E-state index in [4.69, 9.17) is 4.74 Å². The summed E-state index contributed by atoms with van der Waals surface area (Å²) in [5.74, 6) is 0.319. The zero-order valence-electron chi connectivity index (χ0n) is 13.0. The van der Waals surface area contributed by atoms with E-state index in [0.717, 1.165) is 21.7 Å². The molecular weight excluding hydrogens is 288 g/mol. The average Bonchev–Trinajstić information content (AvgIpc) is 3.09. The molecule has 1 heterocycles. The second-order valence-electron chi connectivity index (χ2n) is 6.44. The molecule has 1 aliphatic carbocycles. The first-order valence-corrected chi connectivity index (χ1v) is 8.34. The lowest BCUT2D eigenvalue weighted by molar-refractivity contribution is 0.0410. The van der Waals surface area contributed by atoms with Gasteiger partial charge in [-0.25, -0.2) is 4.79 Å². The maximum atomic E-state index is 12.3. The van der Waals surface area contributed by atoms with Gasteiger partial charge >= 0.3 is 5.97 Å². The highest BCUT2D eigenvalue weighted by Crippen LogP contribution is 2.26. The molecule has 1 saturated carbocycles. The molecule has 2 aromatic carbocycles. The number of carbonyl (C=O) groups is 1. The van der Waals surface area contributed by atoms with Crippen LogP contribution in [0.4, 0.5) is 0 Å². The van der Waals surface area contributed by atoms with Crippen molar-refractivity contribution in [1.82, 2.24) is 10.2 Å². The molecule has 4 rings (SSSR count). The molecule has 118 valence electrons. The fraction of sp³-hybridized carbons (Fsp3) is 0.368. The molecule has 0 bridgehead atoms. The van der Waals surface area contributed by atoms with Gasteiger partial charge < -0.3 is 4.74 Å². The van der Waals surface area contributed by atoms with Gasteiger partial charge in [-0.05, 0) is 36.3 Å². The molecular formula is C19H20N2O2. The Hall–Kier alpha value is -2.36. The third kappa shape index (κ3) is 2.81. The van der Waals surface area contributed by atoms with Crippen molar-refractivity contribution < 1.29 is 9.53 Å². The van der Waals surface area contributed by atoms with E-state index >= 15 is 0 Å². The Morgan fingerprint density at radius 2 is 1.96 bits per heavy atom. The molecule has 3 aromatic rings. The Morgan fingerprint density at radius 3 is 2.83 bits per heavy atom. The van der Waals surface area contributed by atoms with Crippen LogP contribution in [-0.4, -0.2) is 22.8 Å². The molecule has 1 aliphatic rings. The van der Waals surface area contributed by atoms with Crippen LogP contribution in [0.2, 0.25) is 0 Å². The molecule has 0 radical (unpaired) electrons. The lowest BCUT2D eigenvalue weighted by Crippen LogP contribution is -2.16. The smallest absolute Gasteiger partial charge is 0.338 e. The molecule has 0 spiro atoms. The van der Waals surface area contributed by atoms with Crippen LogP contribution in [-0.2, 0) is 4.74 Å². The van der Waals surface area contributed by atoms with E-state index in [-0.39, 0.29) is 5.97 Å². The number of fused-ring (bicyclic) bond motifs is 3. The van der Waals surface area contributed by atoms with Gasteiger partial charge in [0.05, 0.1) is 23.9 Å². The number of nitrogens with one attached hydrogen (secondary N) is 1. The summed E-state index contributed by atoms with van der Waals surface area (Å²) in [7, 11) is 0. The summed E-state index contributed by atoms with van der Waals surface area (Å²) in [5.41, 5.74) is 1.62. The zero-order chi connectivity index (χ0) is 15.6. The van der Waals surface area contributed by atoms with E-state index in [1.807, 2.05) is 30.3 Å². The quantitative estimate of drug-likeness (QED) is 0.727.